The van der Waals surface area contributed by atoms with E-state index in [1.54, 1.807) is 0 Å². The molecule has 0 aliphatic carbocycles. The summed E-state index contributed by atoms with van der Waals surface area (Å²) in [5, 5.41) is 3.05. The van der Waals surface area contributed by atoms with Gasteiger partial charge >= 0.3 is 11.9 Å². The van der Waals surface area contributed by atoms with E-state index >= 15 is 0 Å². The lowest BCUT2D eigenvalue weighted by atomic mass is 9.86. The molecule has 0 unspecified atom stereocenters. The van der Waals surface area contributed by atoms with Crippen LogP contribution in [0.25, 0.3) is 0 Å². The first kappa shape index (κ1) is 11.0. The van der Waals surface area contributed by atoms with E-state index in [1.165, 1.54) is 14.2 Å². The predicted octanol–water partition coefficient (Wildman–Crippen LogP) is -0.442. The number of nitrogens with one attached hydrogen (secondary N) is 1. The van der Waals surface area contributed by atoms with Crippen molar-refractivity contribution in [2.24, 2.45) is 11.8 Å². The van der Waals surface area contributed by atoms with Crippen molar-refractivity contribution in [1.82, 2.24) is 5.32 Å². The summed E-state index contributed by atoms with van der Waals surface area (Å²) in [5.41, 5.74) is 0. The molecule has 0 aromatic heterocycles. The molecule has 5 nitrogen and oxygen atoms in total. The number of rotatable bonds is 2. The van der Waals surface area contributed by atoms with Crippen LogP contribution in [-0.4, -0.2) is 39.2 Å². The maximum atomic E-state index is 11.3. The monoisotopic (exact) mass is 201 g/mol. The molecule has 1 fully saturated rings. The summed E-state index contributed by atoms with van der Waals surface area (Å²) in [6.45, 7) is 1.21. The van der Waals surface area contributed by atoms with Crippen molar-refractivity contribution in [2.75, 3.05) is 27.3 Å². The zero-order valence-electron chi connectivity index (χ0n) is 8.41. The summed E-state index contributed by atoms with van der Waals surface area (Å²) in [7, 11) is 2.66. The van der Waals surface area contributed by atoms with Crippen LogP contribution in [-0.2, 0) is 19.1 Å². The van der Waals surface area contributed by atoms with Crippen molar-refractivity contribution in [3.05, 3.63) is 0 Å². The minimum atomic E-state index is -0.416. The SMILES string of the molecule is COC(=O)[C@H]1CNCC[C@H]1C(=O)OC. The summed E-state index contributed by atoms with van der Waals surface area (Å²) in [4.78, 5) is 22.7. The van der Waals surface area contributed by atoms with Gasteiger partial charge in [0.1, 0.15) is 0 Å². The lowest BCUT2D eigenvalue weighted by Crippen LogP contribution is -2.44. The number of methoxy groups -OCH3 is 2. The van der Waals surface area contributed by atoms with Crippen LogP contribution in [0.4, 0.5) is 0 Å². The summed E-state index contributed by atoms with van der Waals surface area (Å²) < 4.78 is 9.27. The molecule has 1 rings (SSSR count). The number of hydrogen-bond donors (Lipinski definition) is 1. The highest BCUT2D eigenvalue weighted by atomic mass is 16.5. The van der Waals surface area contributed by atoms with Gasteiger partial charge in [-0.15, -0.1) is 0 Å². The molecule has 80 valence electrons. The Morgan fingerprint density at radius 3 is 2.29 bits per heavy atom. The van der Waals surface area contributed by atoms with Crippen LogP contribution in [0.1, 0.15) is 6.42 Å². The molecule has 0 amide bonds. The molecule has 2 atom stereocenters. The number of carbonyl (C=O) groups excluding carboxylic acids is 2. The van der Waals surface area contributed by atoms with Gasteiger partial charge in [-0.25, -0.2) is 0 Å². The molecule has 0 spiro atoms. The number of piperidine rings is 1. The second-order valence-electron chi connectivity index (χ2n) is 3.25. The number of carbonyl (C=O) groups is 2. The van der Waals surface area contributed by atoms with Crippen LogP contribution in [0.5, 0.6) is 0 Å². The average Bonchev–Trinajstić information content (AvgIpc) is 2.27. The first-order chi connectivity index (χ1) is 6.70. The highest BCUT2D eigenvalue weighted by molar-refractivity contribution is 5.82. The van der Waals surface area contributed by atoms with E-state index in [1.807, 2.05) is 0 Å². The predicted molar refractivity (Wildman–Crippen MR) is 48.5 cm³/mol. The Morgan fingerprint density at radius 1 is 1.14 bits per heavy atom. The van der Waals surface area contributed by atoms with E-state index in [2.05, 4.69) is 14.8 Å². The van der Waals surface area contributed by atoms with Gasteiger partial charge in [0.15, 0.2) is 0 Å². The van der Waals surface area contributed by atoms with Gasteiger partial charge in [-0.1, -0.05) is 0 Å². The zero-order valence-corrected chi connectivity index (χ0v) is 8.41. The van der Waals surface area contributed by atoms with Crippen LogP contribution in [0.2, 0.25) is 0 Å². The number of ether oxygens (including phenoxy) is 2. The third kappa shape index (κ3) is 2.23. The van der Waals surface area contributed by atoms with Crippen molar-refractivity contribution < 1.29 is 19.1 Å². The first-order valence-corrected chi connectivity index (χ1v) is 4.57. The number of hydrogen-bond acceptors (Lipinski definition) is 5. The van der Waals surface area contributed by atoms with E-state index in [4.69, 9.17) is 0 Å². The summed E-state index contributed by atoms with van der Waals surface area (Å²) in [6, 6.07) is 0. The van der Waals surface area contributed by atoms with Gasteiger partial charge in [-0.05, 0) is 13.0 Å². The lowest BCUT2D eigenvalue weighted by molar-refractivity contribution is -0.158. The minimum absolute atomic E-state index is 0.332. The van der Waals surface area contributed by atoms with Crippen molar-refractivity contribution in [2.45, 2.75) is 6.42 Å². The third-order valence-electron chi connectivity index (χ3n) is 2.49. The molecular weight excluding hydrogens is 186 g/mol. The molecule has 0 aromatic rings. The van der Waals surface area contributed by atoms with E-state index < -0.39 is 5.92 Å². The lowest BCUT2D eigenvalue weighted by Gasteiger charge is -2.27. The zero-order chi connectivity index (χ0) is 10.6. The van der Waals surface area contributed by atoms with Gasteiger partial charge in [0.25, 0.3) is 0 Å². The minimum Gasteiger partial charge on any atom is -0.469 e. The Bertz CT molecular complexity index is 205. The molecule has 5 heteroatoms. The summed E-state index contributed by atoms with van der Waals surface area (Å²) in [5.74, 6) is -1.47. The fourth-order valence-electron chi connectivity index (χ4n) is 1.69. The van der Waals surface area contributed by atoms with Crippen LogP contribution < -0.4 is 5.32 Å². The molecule has 0 radical (unpaired) electrons. The Kier molecular flexibility index (Phi) is 3.88. The fourth-order valence-corrected chi connectivity index (χ4v) is 1.69. The van der Waals surface area contributed by atoms with Gasteiger partial charge in [0.05, 0.1) is 26.1 Å². The average molecular weight is 201 g/mol. The molecule has 1 saturated heterocycles. The van der Waals surface area contributed by atoms with E-state index in [0.717, 1.165) is 6.54 Å². The maximum Gasteiger partial charge on any atom is 0.310 e. The van der Waals surface area contributed by atoms with Gasteiger partial charge in [0.2, 0.25) is 0 Å². The van der Waals surface area contributed by atoms with Gasteiger partial charge in [-0.3, -0.25) is 9.59 Å². The maximum absolute atomic E-state index is 11.3. The molecule has 1 heterocycles. The van der Waals surface area contributed by atoms with Gasteiger partial charge in [-0.2, -0.15) is 0 Å². The van der Waals surface area contributed by atoms with Crippen LogP contribution in [0, 0.1) is 11.8 Å². The quantitative estimate of drug-likeness (QED) is 0.613. The Labute approximate surface area is 82.8 Å². The molecular formula is C9H15NO4. The van der Waals surface area contributed by atoms with Gasteiger partial charge in [0, 0.05) is 6.54 Å². The largest absolute Gasteiger partial charge is 0.469 e. The highest BCUT2D eigenvalue weighted by Crippen LogP contribution is 2.21. The van der Waals surface area contributed by atoms with Crippen molar-refractivity contribution >= 4 is 11.9 Å². The van der Waals surface area contributed by atoms with Crippen LogP contribution >= 0.6 is 0 Å². The smallest absolute Gasteiger partial charge is 0.310 e. The van der Waals surface area contributed by atoms with E-state index in [0.29, 0.717) is 13.0 Å². The van der Waals surface area contributed by atoms with Gasteiger partial charge < -0.3 is 14.8 Å². The van der Waals surface area contributed by atoms with Crippen molar-refractivity contribution in [1.29, 1.82) is 0 Å². The Morgan fingerprint density at radius 2 is 1.71 bits per heavy atom. The topological polar surface area (TPSA) is 64.6 Å². The molecule has 0 bridgehead atoms. The Hall–Kier alpha value is -1.10. The molecule has 1 aliphatic heterocycles. The normalized spacial score (nSPS) is 26.7. The van der Waals surface area contributed by atoms with Crippen LogP contribution in [0.15, 0.2) is 0 Å². The third-order valence-corrected chi connectivity index (χ3v) is 2.49. The van der Waals surface area contributed by atoms with Crippen molar-refractivity contribution in [3.63, 3.8) is 0 Å². The van der Waals surface area contributed by atoms with Crippen LogP contribution in [0.3, 0.4) is 0 Å². The summed E-state index contributed by atoms with van der Waals surface area (Å²) in [6.07, 6.45) is 0.617. The molecule has 1 aliphatic rings. The number of esters is 2. The second-order valence-corrected chi connectivity index (χ2v) is 3.25. The summed E-state index contributed by atoms with van der Waals surface area (Å²) >= 11 is 0. The molecule has 0 saturated carbocycles. The molecule has 14 heavy (non-hydrogen) atoms. The second kappa shape index (κ2) is 4.95. The first-order valence-electron chi connectivity index (χ1n) is 4.57. The fraction of sp³-hybridized carbons (Fsp3) is 0.778. The van der Waals surface area contributed by atoms with Crippen molar-refractivity contribution in [3.8, 4) is 0 Å². The highest BCUT2D eigenvalue weighted by Gasteiger charge is 2.37. The van der Waals surface area contributed by atoms with E-state index in [-0.39, 0.29) is 17.9 Å². The molecule has 1 N–H and O–H groups in total. The Balaban J connectivity index is 2.68. The van der Waals surface area contributed by atoms with E-state index in [9.17, 15) is 9.59 Å². The molecule has 0 aromatic carbocycles. The standard InChI is InChI=1S/C9H15NO4/c1-13-8(11)6-3-4-10-5-7(6)9(12)14-2/h6-7,10H,3-5H2,1-2H3/t6-,7+/m1/s1.